The molecule has 2 aliphatic heterocycles. The van der Waals surface area contributed by atoms with Crippen LogP contribution in [-0.2, 0) is 19.4 Å². The van der Waals surface area contributed by atoms with Crippen molar-refractivity contribution >= 4 is 18.3 Å². The zero-order valence-corrected chi connectivity index (χ0v) is 15.1. The van der Waals surface area contributed by atoms with Gasteiger partial charge in [0, 0.05) is 43.9 Å². The van der Waals surface area contributed by atoms with Crippen LogP contribution in [0.25, 0.3) is 0 Å². The van der Waals surface area contributed by atoms with Crippen LogP contribution in [0.2, 0.25) is 0 Å². The molecule has 1 amide bonds. The predicted molar refractivity (Wildman–Crippen MR) is 100 cm³/mol. The molecule has 1 fully saturated rings. The molecule has 0 spiro atoms. The fourth-order valence-electron chi connectivity index (χ4n) is 3.84. The van der Waals surface area contributed by atoms with E-state index in [0.29, 0.717) is 11.6 Å². The van der Waals surface area contributed by atoms with Crippen molar-refractivity contribution in [2.75, 3.05) is 19.6 Å². The molecule has 1 saturated heterocycles. The van der Waals surface area contributed by atoms with E-state index in [1.807, 2.05) is 4.90 Å². The van der Waals surface area contributed by atoms with Gasteiger partial charge in [0.25, 0.3) is 5.91 Å². The van der Waals surface area contributed by atoms with Crippen LogP contribution in [0, 0.1) is 5.92 Å². The first-order chi connectivity index (χ1) is 11.8. The lowest BCUT2D eigenvalue weighted by Crippen LogP contribution is -2.39. The van der Waals surface area contributed by atoms with Gasteiger partial charge in [0.05, 0.1) is 0 Å². The van der Waals surface area contributed by atoms with Crippen molar-refractivity contribution in [1.29, 1.82) is 0 Å². The summed E-state index contributed by atoms with van der Waals surface area (Å²) in [5, 5.41) is 10.7. The molecule has 134 valence electrons. The number of carbonyl (C=O) groups is 1. The van der Waals surface area contributed by atoms with Gasteiger partial charge in [-0.25, -0.2) is 0 Å². The van der Waals surface area contributed by atoms with Crippen LogP contribution in [0.15, 0.2) is 30.3 Å². The lowest BCUT2D eigenvalue weighted by molar-refractivity contribution is 0.0683. The molecule has 1 aromatic heterocycles. The molecule has 1 aromatic carbocycles. The third kappa shape index (κ3) is 3.88. The highest BCUT2D eigenvalue weighted by atomic mass is 35.5. The molecule has 0 unspecified atom stereocenters. The van der Waals surface area contributed by atoms with Crippen molar-refractivity contribution in [3.8, 4) is 0 Å². The second-order valence-corrected chi connectivity index (χ2v) is 6.88. The molecule has 3 heterocycles. The Morgan fingerprint density at radius 2 is 1.96 bits per heavy atom. The minimum Gasteiger partial charge on any atom is -0.337 e. The Kier molecular flexibility index (Phi) is 5.76. The monoisotopic (exact) mass is 360 g/mol. The molecule has 5 nitrogen and oxygen atoms in total. The van der Waals surface area contributed by atoms with Crippen LogP contribution in [0.3, 0.4) is 0 Å². The summed E-state index contributed by atoms with van der Waals surface area (Å²) < 4.78 is 0. The van der Waals surface area contributed by atoms with Crippen LogP contribution in [0.1, 0.15) is 40.2 Å². The minimum atomic E-state index is 0. The summed E-state index contributed by atoms with van der Waals surface area (Å²) in [6, 6.07) is 10.6. The van der Waals surface area contributed by atoms with E-state index >= 15 is 0 Å². The number of nitrogens with zero attached hydrogens (tertiary/aromatic N) is 2. The smallest absolute Gasteiger partial charge is 0.274 e. The van der Waals surface area contributed by atoms with E-state index in [1.165, 1.54) is 5.56 Å². The molecule has 25 heavy (non-hydrogen) atoms. The standard InChI is InChI=1S/C19H24N4O.ClH/c24-19(18-16-13-20-9-6-17(16)21-22-18)23-10-7-15(8-11-23)12-14-4-2-1-3-5-14;/h1-5,15,20H,6-13H2,(H,21,22);1H. The Balaban J connectivity index is 0.00000182. The Labute approximate surface area is 154 Å². The lowest BCUT2D eigenvalue weighted by Gasteiger charge is -2.32. The number of aromatic nitrogens is 2. The second kappa shape index (κ2) is 8.02. The van der Waals surface area contributed by atoms with Gasteiger partial charge < -0.3 is 10.2 Å². The Bertz CT molecular complexity index is 707. The van der Waals surface area contributed by atoms with Crippen LogP contribution < -0.4 is 5.32 Å². The molecule has 4 rings (SSSR count). The summed E-state index contributed by atoms with van der Waals surface area (Å²) in [4.78, 5) is 14.8. The van der Waals surface area contributed by atoms with Gasteiger partial charge >= 0.3 is 0 Å². The van der Waals surface area contributed by atoms with Gasteiger partial charge in [-0.2, -0.15) is 5.10 Å². The largest absolute Gasteiger partial charge is 0.337 e. The summed E-state index contributed by atoms with van der Waals surface area (Å²) in [7, 11) is 0. The Hall–Kier alpha value is -1.85. The van der Waals surface area contributed by atoms with Crippen LogP contribution in [0.5, 0.6) is 0 Å². The van der Waals surface area contributed by atoms with Crippen molar-refractivity contribution in [3.05, 3.63) is 52.8 Å². The maximum atomic E-state index is 12.8. The first kappa shape index (κ1) is 18.0. The van der Waals surface area contributed by atoms with Gasteiger partial charge in [-0.05, 0) is 30.7 Å². The highest BCUT2D eigenvalue weighted by Gasteiger charge is 2.28. The molecule has 0 atom stereocenters. The van der Waals surface area contributed by atoms with Gasteiger partial charge in [0.2, 0.25) is 0 Å². The number of hydrogen-bond donors (Lipinski definition) is 2. The highest BCUT2D eigenvalue weighted by molar-refractivity contribution is 5.94. The van der Waals surface area contributed by atoms with E-state index in [9.17, 15) is 4.79 Å². The van der Waals surface area contributed by atoms with Crippen LogP contribution in [0.4, 0.5) is 0 Å². The second-order valence-electron chi connectivity index (χ2n) is 6.88. The Morgan fingerprint density at radius 1 is 1.20 bits per heavy atom. The number of amides is 1. The first-order valence-electron chi connectivity index (χ1n) is 8.91. The number of aromatic amines is 1. The average molecular weight is 361 g/mol. The zero-order chi connectivity index (χ0) is 16.4. The number of hydrogen-bond acceptors (Lipinski definition) is 3. The number of rotatable bonds is 3. The molecule has 2 aromatic rings. The van der Waals surface area contributed by atoms with E-state index in [4.69, 9.17) is 0 Å². The van der Waals surface area contributed by atoms with E-state index in [0.717, 1.165) is 63.1 Å². The fraction of sp³-hybridized carbons (Fsp3) is 0.474. The maximum absolute atomic E-state index is 12.8. The number of benzene rings is 1. The summed E-state index contributed by atoms with van der Waals surface area (Å²) in [6.07, 6.45) is 4.19. The number of likely N-dealkylation sites (tertiary alicyclic amines) is 1. The maximum Gasteiger partial charge on any atom is 0.274 e. The van der Waals surface area contributed by atoms with Crippen molar-refractivity contribution in [3.63, 3.8) is 0 Å². The summed E-state index contributed by atoms with van der Waals surface area (Å²) in [6.45, 7) is 3.38. The normalized spacial score (nSPS) is 17.7. The van der Waals surface area contributed by atoms with Crippen LogP contribution >= 0.6 is 12.4 Å². The number of halogens is 1. The lowest BCUT2D eigenvalue weighted by atomic mass is 9.90. The number of carbonyl (C=O) groups excluding carboxylic acids is 1. The van der Waals surface area contributed by atoms with Crippen molar-refractivity contribution in [2.45, 2.75) is 32.2 Å². The molecule has 2 aliphatic rings. The highest BCUT2D eigenvalue weighted by Crippen LogP contribution is 2.24. The zero-order valence-electron chi connectivity index (χ0n) is 14.3. The molecule has 2 N–H and O–H groups in total. The average Bonchev–Trinajstić information content (AvgIpc) is 3.07. The van der Waals surface area contributed by atoms with Gasteiger partial charge in [-0.3, -0.25) is 9.89 Å². The molecule has 0 saturated carbocycles. The number of piperidine rings is 1. The molecule has 0 aliphatic carbocycles. The number of nitrogens with one attached hydrogen (secondary N) is 2. The molecular weight excluding hydrogens is 336 g/mol. The third-order valence-corrected chi connectivity index (χ3v) is 5.28. The van der Waals surface area contributed by atoms with E-state index < -0.39 is 0 Å². The van der Waals surface area contributed by atoms with Gasteiger partial charge in [-0.15, -0.1) is 12.4 Å². The van der Waals surface area contributed by atoms with Crippen molar-refractivity contribution < 1.29 is 4.79 Å². The first-order valence-corrected chi connectivity index (χ1v) is 8.91. The molecule has 6 heteroatoms. The van der Waals surface area contributed by atoms with E-state index in [-0.39, 0.29) is 18.3 Å². The summed E-state index contributed by atoms with van der Waals surface area (Å²) >= 11 is 0. The summed E-state index contributed by atoms with van der Waals surface area (Å²) in [5.74, 6) is 0.764. The van der Waals surface area contributed by atoms with Crippen LogP contribution in [-0.4, -0.2) is 40.6 Å². The minimum absolute atomic E-state index is 0. The topological polar surface area (TPSA) is 61.0 Å². The third-order valence-electron chi connectivity index (χ3n) is 5.28. The predicted octanol–water partition coefficient (Wildman–Crippen LogP) is 2.57. The van der Waals surface area contributed by atoms with Gasteiger partial charge in [0.1, 0.15) is 0 Å². The summed E-state index contributed by atoms with van der Waals surface area (Å²) in [5.41, 5.74) is 4.21. The molecule has 0 radical (unpaired) electrons. The van der Waals surface area contributed by atoms with E-state index in [2.05, 4.69) is 45.8 Å². The van der Waals surface area contributed by atoms with E-state index in [1.54, 1.807) is 0 Å². The number of H-pyrrole nitrogens is 1. The van der Waals surface area contributed by atoms with Crippen molar-refractivity contribution in [1.82, 2.24) is 20.4 Å². The quantitative estimate of drug-likeness (QED) is 0.884. The SMILES string of the molecule is Cl.O=C(c1n[nH]c2c1CNCC2)N1CCC(Cc2ccccc2)CC1. The molecular formula is C19H25ClN4O. The molecule has 0 bridgehead atoms. The van der Waals surface area contributed by atoms with Crippen molar-refractivity contribution in [2.24, 2.45) is 5.92 Å². The fourth-order valence-corrected chi connectivity index (χ4v) is 3.84. The number of fused-ring (bicyclic) bond motifs is 1. The van der Waals surface area contributed by atoms with Gasteiger partial charge in [0.15, 0.2) is 5.69 Å². The van der Waals surface area contributed by atoms with Gasteiger partial charge in [-0.1, -0.05) is 30.3 Å². The Morgan fingerprint density at radius 3 is 2.72 bits per heavy atom.